The van der Waals surface area contributed by atoms with Gasteiger partial charge < -0.3 is 15.4 Å². The lowest BCUT2D eigenvalue weighted by atomic mass is 9.91. The molecule has 1 saturated carbocycles. The average Bonchev–Trinajstić information content (AvgIpc) is 3.05. The van der Waals surface area contributed by atoms with Crippen molar-refractivity contribution in [3.8, 4) is 5.75 Å². The van der Waals surface area contributed by atoms with Crippen LogP contribution in [0.2, 0.25) is 0 Å². The second-order valence-electron chi connectivity index (χ2n) is 5.99. The Hall–Kier alpha value is -1.55. The van der Waals surface area contributed by atoms with Crippen molar-refractivity contribution in [2.75, 3.05) is 19.7 Å². The van der Waals surface area contributed by atoms with E-state index in [-0.39, 0.29) is 11.8 Å². The summed E-state index contributed by atoms with van der Waals surface area (Å²) in [5.74, 6) is 1.03. The highest BCUT2D eigenvalue weighted by Gasteiger charge is 2.34. The van der Waals surface area contributed by atoms with Crippen LogP contribution < -0.4 is 10.5 Å². The van der Waals surface area contributed by atoms with Crippen molar-refractivity contribution >= 4 is 5.91 Å². The van der Waals surface area contributed by atoms with Crippen LogP contribution >= 0.6 is 0 Å². The summed E-state index contributed by atoms with van der Waals surface area (Å²) in [4.78, 5) is 15.1. The minimum atomic E-state index is -0.0675. The van der Waals surface area contributed by atoms with Crippen LogP contribution in [-0.2, 0) is 4.79 Å². The van der Waals surface area contributed by atoms with Crippen LogP contribution in [0.1, 0.15) is 43.6 Å². The Balaban J connectivity index is 1.83. The molecule has 1 heterocycles. The summed E-state index contributed by atoms with van der Waals surface area (Å²) in [6, 6.07) is 8.30. The molecule has 1 aliphatic carbocycles. The second-order valence-corrected chi connectivity index (χ2v) is 5.99. The van der Waals surface area contributed by atoms with Crippen LogP contribution in [0.5, 0.6) is 5.75 Å². The third-order valence-corrected chi connectivity index (χ3v) is 4.68. The van der Waals surface area contributed by atoms with Crippen molar-refractivity contribution in [3.05, 3.63) is 29.8 Å². The number of carbonyl (C=O) groups is 1. The highest BCUT2D eigenvalue weighted by atomic mass is 16.5. The Morgan fingerprint density at radius 2 is 2.00 bits per heavy atom. The predicted octanol–water partition coefficient (Wildman–Crippen LogP) is 2.28. The molecule has 0 spiro atoms. The van der Waals surface area contributed by atoms with Crippen molar-refractivity contribution in [1.29, 1.82) is 0 Å². The van der Waals surface area contributed by atoms with Crippen LogP contribution in [0.3, 0.4) is 0 Å². The van der Waals surface area contributed by atoms with Gasteiger partial charge in [0, 0.05) is 24.7 Å². The summed E-state index contributed by atoms with van der Waals surface area (Å²) < 4.78 is 5.67. The number of benzene rings is 1. The fraction of sp³-hybridized carbons (Fsp3) is 0.588. The first-order chi connectivity index (χ1) is 10.3. The first-order valence-corrected chi connectivity index (χ1v) is 8.03. The fourth-order valence-electron chi connectivity index (χ4n) is 3.63. The predicted molar refractivity (Wildman–Crippen MR) is 82.3 cm³/mol. The molecule has 21 heavy (non-hydrogen) atoms. The van der Waals surface area contributed by atoms with Crippen LogP contribution in [0, 0.1) is 0 Å². The minimum Gasteiger partial charge on any atom is -0.493 e. The third-order valence-electron chi connectivity index (χ3n) is 4.68. The van der Waals surface area contributed by atoms with Gasteiger partial charge in [0.15, 0.2) is 0 Å². The van der Waals surface area contributed by atoms with Gasteiger partial charge in [-0.25, -0.2) is 0 Å². The molecule has 1 aliphatic heterocycles. The summed E-state index contributed by atoms with van der Waals surface area (Å²) in [5.41, 5.74) is 6.78. The molecular weight excluding hydrogens is 264 g/mol. The molecule has 1 aromatic rings. The van der Waals surface area contributed by atoms with Gasteiger partial charge in [-0.15, -0.1) is 0 Å². The maximum Gasteiger partial charge on any atom is 0.230 e. The molecular formula is C17H24N2O2. The lowest BCUT2D eigenvalue weighted by Gasteiger charge is -2.34. The van der Waals surface area contributed by atoms with E-state index in [0.717, 1.165) is 30.6 Å². The van der Waals surface area contributed by atoms with Gasteiger partial charge in [0.05, 0.1) is 12.5 Å². The molecule has 0 aromatic heterocycles. The normalized spacial score (nSPS) is 21.7. The summed E-state index contributed by atoms with van der Waals surface area (Å²) in [7, 11) is 0. The first kappa shape index (κ1) is 14.4. The van der Waals surface area contributed by atoms with Gasteiger partial charge in [-0.05, 0) is 25.3 Å². The van der Waals surface area contributed by atoms with Crippen LogP contribution in [0.4, 0.5) is 0 Å². The number of carbonyl (C=O) groups excluding carboxylic acids is 1. The molecule has 1 amide bonds. The second kappa shape index (κ2) is 6.48. The highest BCUT2D eigenvalue weighted by molar-refractivity contribution is 5.85. The van der Waals surface area contributed by atoms with E-state index in [0.29, 0.717) is 25.7 Å². The Labute approximate surface area is 126 Å². The van der Waals surface area contributed by atoms with Crippen molar-refractivity contribution in [1.82, 2.24) is 4.90 Å². The molecule has 114 valence electrons. The number of fused-ring (bicyclic) bond motifs is 1. The van der Waals surface area contributed by atoms with E-state index in [1.54, 1.807) is 0 Å². The summed E-state index contributed by atoms with van der Waals surface area (Å²) in [6.07, 6.45) is 5.46. The number of hydrogen-bond acceptors (Lipinski definition) is 3. The Kier molecular flexibility index (Phi) is 4.44. The van der Waals surface area contributed by atoms with Gasteiger partial charge >= 0.3 is 0 Å². The molecule has 3 rings (SSSR count). The largest absolute Gasteiger partial charge is 0.493 e. The van der Waals surface area contributed by atoms with Crippen LogP contribution in [0.15, 0.2) is 24.3 Å². The summed E-state index contributed by atoms with van der Waals surface area (Å²) in [5, 5.41) is 0. The molecule has 0 bridgehead atoms. The third kappa shape index (κ3) is 2.91. The number of ether oxygens (including phenoxy) is 1. The maximum absolute atomic E-state index is 13.1. The van der Waals surface area contributed by atoms with E-state index in [1.807, 2.05) is 29.2 Å². The molecule has 2 N–H and O–H groups in total. The van der Waals surface area contributed by atoms with E-state index in [2.05, 4.69) is 0 Å². The highest BCUT2D eigenvalue weighted by Crippen LogP contribution is 2.36. The monoisotopic (exact) mass is 288 g/mol. The first-order valence-electron chi connectivity index (χ1n) is 8.03. The van der Waals surface area contributed by atoms with Crippen molar-refractivity contribution in [2.24, 2.45) is 5.73 Å². The van der Waals surface area contributed by atoms with Crippen molar-refractivity contribution in [2.45, 2.75) is 44.1 Å². The fourth-order valence-corrected chi connectivity index (χ4v) is 3.63. The zero-order valence-corrected chi connectivity index (χ0v) is 12.5. The Bertz CT molecular complexity index is 497. The molecule has 1 unspecified atom stereocenters. The number of nitrogens with two attached hydrogens (primary N) is 1. The number of rotatable bonds is 4. The number of para-hydroxylation sites is 1. The standard InChI is InChI=1S/C17H24N2O2/c18-10-11-19(13-5-1-2-6-13)17(20)15-9-12-21-16-8-4-3-7-14(15)16/h3-4,7-8,13,15H,1-2,5-6,9-12,18H2. The van der Waals surface area contributed by atoms with Gasteiger partial charge in [0.25, 0.3) is 0 Å². The zero-order chi connectivity index (χ0) is 14.7. The van der Waals surface area contributed by atoms with Crippen molar-refractivity contribution < 1.29 is 9.53 Å². The SMILES string of the molecule is NCCN(C(=O)C1CCOc2ccccc21)C1CCCC1. The van der Waals surface area contributed by atoms with Gasteiger partial charge in [-0.2, -0.15) is 0 Å². The van der Waals surface area contributed by atoms with E-state index in [9.17, 15) is 4.79 Å². The Morgan fingerprint density at radius 1 is 1.24 bits per heavy atom. The molecule has 2 aliphatic rings. The zero-order valence-electron chi connectivity index (χ0n) is 12.5. The van der Waals surface area contributed by atoms with Gasteiger partial charge in [0.1, 0.15) is 5.75 Å². The quantitative estimate of drug-likeness (QED) is 0.925. The lowest BCUT2D eigenvalue weighted by molar-refractivity contribution is -0.135. The molecule has 4 heteroatoms. The molecule has 1 atom stereocenters. The molecule has 4 nitrogen and oxygen atoms in total. The molecule has 1 aromatic carbocycles. The van der Waals surface area contributed by atoms with Crippen LogP contribution in [-0.4, -0.2) is 36.5 Å². The number of nitrogens with zero attached hydrogens (tertiary/aromatic N) is 1. The summed E-state index contributed by atoms with van der Waals surface area (Å²) >= 11 is 0. The molecule has 1 fully saturated rings. The van der Waals surface area contributed by atoms with Crippen LogP contribution in [0.25, 0.3) is 0 Å². The smallest absolute Gasteiger partial charge is 0.230 e. The number of amides is 1. The van der Waals surface area contributed by atoms with Gasteiger partial charge in [-0.3, -0.25) is 4.79 Å². The minimum absolute atomic E-state index is 0.0675. The Morgan fingerprint density at radius 3 is 2.76 bits per heavy atom. The van der Waals surface area contributed by atoms with E-state index in [4.69, 9.17) is 10.5 Å². The number of hydrogen-bond donors (Lipinski definition) is 1. The topological polar surface area (TPSA) is 55.6 Å². The molecule has 0 saturated heterocycles. The summed E-state index contributed by atoms with van der Waals surface area (Å²) in [6.45, 7) is 1.82. The van der Waals surface area contributed by atoms with E-state index < -0.39 is 0 Å². The van der Waals surface area contributed by atoms with E-state index >= 15 is 0 Å². The van der Waals surface area contributed by atoms with Crippen molar-refractivity contribution in [3.63, 3.8) is 0 Å². The molecule has 0 radical (unpaired) electrons. The van der Waals surface area contributed by atoms with E-state index in [1.165, 1.54) is 12.8 Å². The van der Waals surface area contributed by atoms with Gasteiger partial charge in [0.2, 0.25) is 5.91 Å². The lowest BCUT2D eigenvalue weighted by Crippen LogP contribution is -2.45. The average molecular weight is 288 g/mol. The van der Waals surface area contributed by atoms with Gasteiger partial charge in [-0.1, -0.05) is 31.0 Å². The maximum atomic E-state index is 13.1.